The average Bonchev–Trinajstić information content (AvgIpc) is 2.49. The Hall–Kier alpha value is -0.900. The van der Waals surface area contributed by atoms with Crippen LogP contribution in [0.4, 0.5) is 0 Å². The molecule has 0 amide bonds. The molecule has 0 aliphatic carbocycles. The van der Waals surface area contributed by atoms with Crippen molar-refractivity contribution in [1.29, 1.82) is 0 Å². The lowest BCUT2D eigenvalue weighted by molar-refractivity contribution is -0.0892. The molecule has 1 N–H and O–H groups in total. The lowest BCUT2D eigenvalue weighted by atomic mass is 9.91. The Kier molecular flexibility index (Phi) is 5.58. The highest BCUT2D eigenvalue weighted by molar-refractivity contribution is 5.19. The van der Waals surface area contributed by atoms with Gasteiger partial charge in [-0.25, -0.2) is 0 Å². The summed E-state index contributed by atoms with van der Waals surface area (Å²) < 4.78 is 11.3. The van der Waals surface area contributed by atoms with Gasteiger partial charge >= 0.3 is 0 Å². The van der Waals surface area contributed by atoms with Gasteiger partial charge in [-0.15, -0.1) is 0 Å². The van der Waals surface area contributed by atoms with Gasteiger partial charge in [0.05, 0.1) is 5.60 Å². The molecule has 3 heteroatoms. The topological polar surface area (TPSA) is 30.5 Å². The molecule has 2 rings (SSSR count). The summed E-state index contributed by atoms with van der Waals surface area (Å²) in [4.78, 5) is 0. The minimum Gasteiger partial charge on any atom is -0.381 e. The number of methoxy groups -OCH3 is 1. The van der Waals surface area contributed by atoms with Crippen LogP contribution in [0.1, 0.15) is 38.3 Å². The van der Waals surface area contributed by atoms with E-state index >= 15 is 0 Å². The van der Waals surface area contributed by atoms with Crippen LogP contribution in [0.5, 0.6) is 0 Å². The molecule has 3 nitrogen and oxygen atoms in total. The van der Waals surface area contributed by atoms with E-state index in [9.17, 15) is 0 Å². The Balaban J connectivity index is 2.02. The van der Waals surface area contributed by atoms with Crippen molar-refractivity contribution in [3.63, 3.8) is 0 Å². The zero-order valence-corrected chi connectivity index (χ0v) is 12.9. The molecule has 1 aromatic carbocycles. The van der Waals surface area contributed by atoms with Gasteiger partial charge in [-0.2, -0.15) is 0 Å². The molecule has 0 bridgehead atoms. The third-order valence-electron chi connectivity index (χ3n) is 4.31. The molecule has 0 aromatic heterocycles. The van der Waals surface area contributed by atoms with Gasteiger partial charge in [0.15, 0.2) is 0 Å². The van der Waals surface area contributed by atoms with E-state index in [1.807, 2.05) is 7.11 Å². The Labute approximate surface area is 122 Å². The monoisotopic (exact) mass is 277 g/mol. The lowest BCUT2D eigenvalue weighted by Crippen LogP contribution is -2.48. The predicted octanol–water partition coefficient (Wildman–Crippen LogP) is 3.17. The fraction of sp³-hybridized carbons (Fsp3) is 0.647. The molecular formula is C17H27NO2. The van der Waals surface area contributed by atoms with Gasteiger partial charge in [0.2, 0.25) is 0 Å². The second kappa shape index (κ2) is 7.21. The zero-order valence-electron chi connectivity index (χ0n) is 12.9. The summed E-state index contributed by atoms with van der Waals surface area (Å²) in [5, 5.41) is 3.72. The van der Waals surface area contributed by atoms with Crippen LogP contribution in [-0.2, 0) is 9.47 Å². The quantitative estimate of drug-likeness (QED) is 0.866. The third-order valence-corrected chi connectivity index (χ3v) is 4.31. The van der Waals surface area contributed by atoms with E-state index in [1.165, 1.54) is 5.56 Å². The summed E-state index contributed by atoms with van der Waals surface area (Å²) in [6.07, 6.45) is 1.94. The van der Waals surface area contributed by atoms with Gasteiger partial charge in [-0.1, -0.05) is 44.2 Å². The van der Waals surface area contributed by atoms with Crippen LogP contribution in [0.15, 0.2) is 30.3 Å². The molecule has 1 heterocycles. The molecule has 20 heavy (non-hydrogen) atoms. The number of benzene rings is 1. The highest BCUT2D eigenvalue weighted by atomic mass is 16.5. The molecule has 0 saturated carbocycles. The average molecular weight is 277 g/mol. The van der Waals surface area contributed by atoms with Crippen LogP contribution in [0.2, 0.25) is 0 Å². The van der Waals surface area contributed by atoms with Crippen molar-refractivity contribution in [2.75, 3.05) is 26.9 Å². The van der Waals surface area contributed by atoms with Gasteiger partial charge < -0.3 is 14.8 Å². The molecule has 112 valence electrons. The normalized spacial score (nSPS) is 20.0. The number of ether oxygens (including phenoxy) is 2. The number of nitrogens with one attached hydrogen (secondary N) is 1. The standard InChI is InChI=1S/C17H27NO2/c1-14(2)16(15-7-5-4-6-8-15)18-13-17(19-3)9-11-20-12-10-17/h4-8,14,16,18H,9-13H2,1-3H3/t16-/m1/s1. The SMILES string of the molecule is COC1(CN[C@@H](c2ccccc2)C(C)C)CCOCC1. The Morgan fingerprint density at radius 1 is 1.20 bits per heavy atom. The lowest BCUT2D eigenvalue weighted by Gasteiger charge is -2.38. The molecular weight excluding hydrogens is 250 g/mol. The van der Waals surface area contributed by atoms with Crippen molar-refractivity contribution in [1.82, 2.24) is 5.32 Å². The minimum absolute atomic E-state index is 0.0693. The summed E-state index contributed by atoms with van der Waals surface area (Å²) in [6.45, 7) is 6.99. The van der Waals surface area contributed by atoms with Crippen LogP contribution in [0.3, 0.4) is 0 Å². The van der Waals surface area contributed by atoms with Crippen LogP contribution >= 0.6 is 0 Å². The van der Waals surface area contributed by atoms with Crippen LogP contribution in [-0.4, -0.2) is 32.5 Å². The van der Waals surface area contributed by atoms with Crippen molar-refractivity contribution >= 4 is 0 Å². The molecule has 1 aliphatic heterocycles. The van der Waals surface area contributed by atoms with Crippen molar-refractivity contribution in [2.24, 2.45) is 5.92 Å². The van der Waals surface area contributed by atoms with Crippen LogP contribution < -0.4 is 5.32 Å². The summed E-state index contributed by atoms with van der Waals surface area (Å²) in [5.74, 6) is 0.547. The Morgan fingerprint density at radius 2 is 1.85 bits per heavy atom. The largest absolute Gasteiger partial charge is 0.381 e. The zero-order chi connectivity index (χ0) is 14.4. The molecule has 0 spiro atoms. The first kappa shape index (κ1) is 15.5. The maximum Gasteiger partial charge on any atom is 0.0846 e. The number of hydrogen-bond donors (Lipinski definition) is 1. The Morgan fingerprint density at radius 3 is 2.40 bits per heavy atom. The smallest absolute Gasteiger partial charge is 0.0846 e. The first-order valence-corrected chi connectivity index (χ1v) is 7.58. The fourth-order valence-electron chi connectivity index (χ4n) is 2.89. The van der Waals surface area contributed by atoms with Gasteiger partial charge in [0, 0.05) is 45.8 Å². The van der Waals surface area contributed by atoms with Gasteiger partial charge in [-0.05, 0) is 11.5 Å². The van der Waals surface area contributed by atoms with E-state index in [2.05, 4.69) is 49.5 Å². The first-order valence-electron chi connectivity index (χ1n) is 7.58. The van der Waals surface area contributed by atoms with E-state index < -0.39 is 0 Å². The maximum absolute atomic E-state index is 5.80. The summed E-state index contributed by atoms with van der Waals surface area (Å²) in [7, 11) is 1.82. The molecule has 1 atom stereocenters. The third kappa shape index (κ3) is 3.81. The molecule has 1 fully saturated rings. The Bertz CT molecular complexity index is 385. The maximum atomic E-state index is 5.80. The molecule has 1 aliphatic rings. The number of rotatable bonds is 6. The predicted molar refractivity (Wildman–Crippen MR) is 81.8 cm³/mol. The second-order valence-corrected chi connectivity index (χ2v) is 6.01. The molecule has 0 radical (unpaired) electrons. The summed E-state index contributed by atoms with van der Waals surface area (Å²) in [5.41, 5.74) is 1.28. The molecule has 1 aromatic rings. The van der Waals surface area contributed by atoms with Crippen molar-refractivity contribution < 1.29 is 9.47 Å². The molecule has 0 unspecified atom stereocenters. The second-order valence-electron chi connectivity index (χ2n) is 6.01. The number of hydrogen-bond acceptors (Lipinski definition) is 3. The van der Waals surface area contributed by atoms with E-state index in [-0.39, 0.29) is 5.60 Å². The van der Waals surface area contributed by atoms with Crippen molar-refractivity contribution in [3.05, 3.63) is 35.9 Å². The van der Waals surface area contributed by atoms with Crippen molar-refractivity contribution in [2.45, 2.75) is 38.3 Å². The van der Waals surface area contributed by atoms with E-state index in [0.717, 1.165) is 32.6 Å². The van der Waals surface area contributed by atoms with Gasteiger partial charge in [0.1, 0.15) is 0 Å². The van der Waals surface area contributed by atoms with Gasteiger partial charge in [0.25, 0.3) is 0 Å². The van der Waals surface area contributed by atoms with Crippen LogP contribution in [0, 0.1) is 5.92 Å². The highest BCUT2D eigenvalue weighted by Crippen LogP contribution is 2.27. The van der Waals surface area contributed by atoms with E-state index in [0.29, 0.717) is 12.0 Å². The van der Waals surface area contributed by atoms with Crippen molar-refractivity contribution in [3.8, 4) is 0 Å². The van der Waals surface area contributed by atoms with Gasteiger partial charge in [-0.3, -0.25) is 0 Å². The molecule has 1 saturated heterocycles. The van der Waals surface area contributed by atoms with E-state index in [1.54, 1.807) is 0 Å². The van der Waals surface area contributed by atoms with Crippen LogP contribution in [0.25, 0.3) is 0 Å². The first-order chi connectivity index (χ1) is 9.67. The summed E-state index contributed by atoms with van der Waals surface area (Å²) >= 11 is 0. The summed E-state index contributed by atoms with van der Waals surface area (Å²) in [6, 6.07) is 11.0. The van der Waals surface area contributed by atoms with E-state index in [4.69, 9.17) is 9.47 Å². The minimum atomic E-state index is -0.0693. The highest BCUT2D eigenvalue weighted by Gasteiger charge is 2.33. The fourth-order valence-corrected chi connectivity index (χ4v) is 2.89.